The Balaban J connectivity index is 1.30. The van der Waals surface area contributed by atoms with Crippen molar-refractivity contribution in [2.24, 2.45) is 0 Å². The van der Waals surface area contributed by atoms with Gasteiger partial charge in [-0.05, 0) is 54.0 Å². The van der Waals surface area contributed by atoms with Crippen molar-refractivity contribution in [3.63, 3.8) is 0 Å². The van der Waals surface area contributed by atoms with Crippen molar-refractivity contribution in [2.75, 3.05) is 5.32 Å². The quantitative estimate of drug-likeness (QED) is 0.381. The van der Waals surface area contributed by atoms with Gasteiger partial charge >= 0.3 is 6.09 Å². The van der Waals surface area contributed by atoms with Gasteiger partial charge in [-0.3, -0.25) is 19.5 Å². The summed E-state index contributed by atoms with van der Waals surface area (Å²) >= 11 is 0. The van der Waals surface area contributed by atoms with E-state index in [1.165, 1.54) is 5.56 Å². The maximum Gasteiger partial charge on any atom is 0.412 e. The van der Waals surface area contributed by atoms with Crippen LogP contribution in [-0.4, -0.2) is 16.6 Å². The van der Waals surface area contributed by atoms with Gasteiger partial charge < -0.3 is 10.1 Å². The van der Waals surface area contributed by atoms with E-state index in [9.17, 15) is 14.4 Å². The summed E-state index contributed by atoms with van der Waals surface area (Å²) in [5.41, 5.74) is 5.34. The molecule has 3 aromatic carbocycles. The number of nitrogens with zero attached hydrogens (tertiary/aromatic N) is 1. The molecule has 0 radical (unpaired) electrons. The van der Waals surface area contributed by atoms with Crippen LogP contribution in [0.25, 0.3) is 10.9 Å². The Kier molecular flexibility index (Phi) is 6.19. The molecule has 2 atom stereocenters. The average molecular weight is 508 g/mol. The Hall–Kier alpha value is -4.39. The van der Waals surface area contributed by atoms with Crippen molar-refractivity contribution < 1.29 is 14.3 Å². The van der Waals surface area contributed by atoms with E-state index in [0.717, 1.165) is 46.9 Å². The van der Waals surface area contributed by atoms with Gasteiger partial charge in [-0.1, -0.05) is 72.8 Å². The predicted octanol–water partition coefficient (Wildman–Crippen LogP) is 5.35. The molecule has 1 aliphatic carbocycles. The summed E-state index contributed by atoms with van der Waals surface area (Å²) in [6, 6.07) is 22.6. The van der Waals surface area contributed by atoms with E-state index in [1.807, 2.05) is 67.6 Å². The first-order valence-electron chi connectivity index (χ1n) is 13.0. The van der Waals surface area contributed by atoms with Crippen molar-refractivity contribution in [3.8, 4) is 0 Å². The minimum absolute atomic E-state index is 0.0848. The van der Waals surface area contributed by atoms with Crippen LogP contribution in [0.4, 0.5) is 10.5 Å². The molecule has 2 amide bonds. The zero-order chi connectivity index (χ0) is 26.2. The lowest BCUT2D eigenvalue weighted by Gasteiger charge is -2.28. The third-order valence-electron chi connectivity index (χ3n) is 7.73. The summed E-state index contributed by atoms with van der Waals surface area (Å²) in [7, 11) is 0. The van der Waals surface area contributed by atoms with Gasteiger partial charge in [0, 0.05) is 11.8 Å². The number of benzene rings is 3. The number of carbonyl (C=O) groups is 2. The van der Waals surface area contributed by atoms with E-state index in [2.05, 4.69) is 22.8 Å². The third kappa shape index (κ3) is 4.24. The number of para-hydroxylation sites is 1. The van der Waals surface area contributed by atoms with E-state index in [-0.39, 0.29) is 24.2 Å². The molecule has 1 aliphatic heterocycles. The van der Waals surface area contributed by atoms with Gasteiger partial charge in [-0.25, -0.2) is 4.79 Å². The molecule has 4 aromatic rings. The molecule has 0 bridgehead atoms. The Bertz CT molecular complexity index is 1610. The fraction of sp³-hybridized carbons (Fsp3) is 0.258. The lowest BCUT2D eigenvalue weighted by molar-refractivity contribution is -0.125. The first kappa shape index (κ1) is 24.0. The molecule has 2 aliphatic rings. The standard InChI is InChI=1S/C31H29N3O4/c1-19-23-15-7-13-22-17-26(29(35)32-25-16-8-12-21-11-5-6-14-24(21)25)34(28(22)23)30(36)27(19)33-31(37)38-18-20-9-3-2-4-10-20/h2-7,9-11,13-15,25-26H,8,12,16-18H2,1H3,(H,32,35)(H,33,37)/t25-,26+/m1/s1. The molecule has 7 nitrogen and oxygen atoms in total. The van der Waals surface area contributed by atoms with Crippen molar-refractivity contribution in [2.45, 2.75) is 51.3 Å². The average Bonchev–Trinajstić information content (AvgIpc) is 3.34. The molecule has 2 heterocycles. The third-order valence-corrected chi connectivity index (χ3v) is 7.73. The van der Waals surface area contributed by atoms with Gasteiger partial charge in [-0.2, -0.15) is 0 Å². The number of rotatable bonds is 5. The van der Waals surface area contributed by atoms with Crippen LogP contribution in [0.1, 0.15) is 52.7 Å². The van der Waals surface area contributed by atoms with Gasteiger partial charge in [0.05, 0.1) is 11.6 Å². The van der Waals surface area contributed by atoms with E-state index < -0.39 is 17.7 Å². The number of ether oxygens (including phenoxy) is 1. The van der Waals surface area contributed by atoms with Crippen LogP contribution >= 0.6 is 0 Å². The summed E-state index contributed by atoms with van der Waals surface area (Å²) in [5.74, 6) is -0.187. The fourth-order valence-corrected chi connectivity index (χ4v) is 5.85. The van der Waals surface area contributed by atoms with Crippen molar-refractivity contribution in [1.82, 2.24) is 9.88 Å². The Morgan fingerprint density at radius 3 is 2.58 bits per heavy atom. The SMILES string of the molecule is Cc1c(NC(=O)OCc2ccccc2)c(=O)n2c3c(cccc13)C[C@H]2C(=O)N[C@@H]1CCCc2ccccc21. The lowest BCUT2D eigenvalue weighted by atomic mass is 9.87. The first-order valence-corrected chi connectivity index (χ1v) is 13.0. The molecule has 38 heavy (non-hydrogen) atoms. The summed E-state index contributed by atoms with van der Waals surface area (Å²) in [5, 5.41) is 6.72. The molecule has 1 aromatic heterocycles. The van der Waals surface area contributed by atoms with Gasteiger partial charge in [-0.15, -0.1) is 0 Å². The number of nitrogens with one attached hydrogen (secondary N) is 2. The number of amides is 2. The maximum atomic E-state index is 13.8. The van der Waals surface area contributed by atoms with Crippen LogP contribution in [0.3, 0.4) is 0 Å². The summed E-state index contributed by atoms with van der Waals surface area (Å²) in [6.45, 7) is 1.90. The predicted molar refractivity (Wildman–Crippen MR) is 146 cm³/mol. The molecule has 0 spiro atoms. The highest BCUT2D eigenvalue weighted by atomic mass is 16.5. The number of anilines is 1. The van der Waals surface area contributed by atoms with Crippen LogP contribution in [0.2, 0.25) is 0 Å². The number of aryl methyl sites for hydroxylation is 2. The highest BCUT2D eigenvalue weighted by molar-refractivity contribution is 5.97. The molecule has 192 valence electrons. The minimum atomic E-state index is -0.713. The molecule has 0 fully saturated rings. The molecule has 6 rings (SSSR count). The number of hydrogen-bond donors (Lipinski definition) is 2. The normalized spacial score (nSPS) is 17.6. The zero-order valence-corrected chi connectivity index (χ0v) is 21.2. The molecular formula is C31H29N3O4. The van der Waals surface area contributed by atoms with E-state index in [1.54, 1.807) is 4.57 Å². The van der Waals surface area contributed by atoms with Gasteiger partial charge in [0.1, 0.15) is 18.3 Å². The second kappa shape index (κ2) is 9.82. The van der Waals surface area contributed by atoms with Crippen LogP contribution in [-0.2, 0) is 29.0 Å². The molecule has 0 unspecified atom stereocenters. The van der Waals surface area contributed by atoms with Crippen LogP contribution in [0.5, 0.6) is 0 Å². The Morgan fingerprint density at radius 1 is 0.974 bits per heavy atom. The van der Waals surface area contributed by atoms with Gasteiger partial charge in [0.25, 0.3) is 5.56 Å². The topological polar surface area (TPSA) is 89.4 Å². The van der Waals surface area contributed by atoms with Crippen LogP contribution in [0.15, 0.2) is 77.6 Å². The smallest absolute Gasteiger partial charge is 0.412 e. The largest absolute Gasteiger partial charge is 0.444 e. The Morgan fingerprint density at radius 2 is 1.74 bits per heavy atom. The van der Waals surface area contributed by atoms with Crippen molar-refractivity contribution >= 4 is 28.6 Å². The fourth-order valence-electron chi connectivity index (χ4n) is 5.85. The second-order valence-electron chi connectivity index (χ2n) is 10.0. The zero-order valence-electron chi connectivity index (χ0n) is 21.2. The number of fused-ring (bicyclic) bond motifs is 1. The van der Waals surface area contributed by atoms with E-state index >= 15 is 0 Å². The maximum absolute atomic E-state index is 13.8. The van der Waals surface area contributed by atoms with Crippen molar-refractivity contribution in [3.05, 3.63) is 111 Å². The number of pyridine rings is 1. The summed E-state index contributed by atoms with van der Waals surface area (Å²) in [4.78, 5) is 40.1. The first-order chi connectivity index (χ1) is 18.5. The second-order valence-corrected chi connectivity index (χ2v) is 10.0. The van der Waals surface area contributed by atoms with Crippen molar-refractivity contribution in [1.29, 1.82) is 0 Å². The van der Waals surface area contributed by atoms with Gasteiger partial charge in [0.2, 0.25) is 5.91 Å². The molecule has 0 saturated carbocycles. The number of hydrogen-bond acceptors (Lipinski definition) is 4. The van der Waals surface area contributed by atoms with Crippen LogP contribution in [0, 0.1) is 6.92 Å². The van der Waals surface area contributed by atoms with Crippen LogP contribution < -0.4 is 16.2 Å². The number of carbonyl (C=O) groups excluding carboxylic acids is 2. The molecular weight excluding hydrogens is 478 g/mol. The van der Waals surface area contributed by atoms with E-state index in [0.29, 0.717) is 12.0 Å². The summed E-state index contributed by atoms with van der Waals surface area (Å²) in [6.07, 6.45) is 2.58. The summed E-state index contributed by atoms with van der Waals surface area (Å²) < 4.78 is 6.92. The minimum Gasteiger partial charge on any atom is -0.444 e. The molecule has 0 saturated heterocycles. The number of aromatic nitrogens is 1. The van der Waals surface area contributed by atoms with E-state index in [4.69, 9.17) is 4.74 Å². The van der Waals surface area contributed by atoms with Gasteiger partial charge in [0.15, 0.2) is 0 Å². The highest BCUT2D eigenvalue weighted by Gasteiger charge is 2.34. The molecule has 7 heteroatoms. The highest BCUT2D eigenvalue weighted by Crippen LogP contribution is 2.36. The lowest BCUT2D eigenvalue weighted by Crippen LogP contribution is -2.39. The molecule has 2 N–H and O–H groups in total. The monoisotopic (exact) mass is 507 g/mol. The Labute approximate surface area is 220 Å².